The zero-order valence-electron chi connectivity index (χ0n) is 10.7. The Hall–Kier alpha value is -1.78. The van der Waals surface area contributed by atoms with E-state index in [1.165, 1.54) is 4.88 Å². The lowest BCUT2D eigenvalue weighted by atomic mass is 10.1. The average molecular weight is 269 g/mol. The number of para-hydroxylation sites is 2. The molecule has 0 amide bonds. The Balaban J connectivity index is 2.05. The smallest absolute Gasteiger partial charge is 0.0891 e. The van der Waals surface area contributed by atoms with Gasteiger partial charge in [-0.25, -0.2) is 4.98 Å². The van der Waals surface area contributed by atoms with Gasteiger partial charge in [-0.2, -0.15) is 0 Å². The molecule has 0 fully saturated rings. The Kier molecular flexibility index (Phi) is 3.53. The molecule has 0 aliphatic rings. The van der Waals surface area contributed by atoms with Crippen LogP contribution in [0.5, 0.6) is 0 Å². The van der Waals surface area contributed by atoms with Crippen LogP contribution < -0.4 is 5.32 Å². The van der Waals surface area contributed by atoms with Gasteiger partial charge in [0.1, 0.15) is 0 Å². The zero-order chi connectivity index (χ0) is 13.1. The maximum atomic E-state index is 4.73. The van der Waals surface area contributed by atoms with Crippen LogP contribution in [-0.4, -0.2) is 16.5 Å². The van der Waals surface area contributed by atoms with E-state index in [9.17, 15) is 0 Å². The molecule has 19 heavy (non-hydrogen) atoms. The van der Waals surface area contributed by atoms with Gasteiger partial charge >= 0.3 is 0 Å². The van der Waals surface area contributed by atoms with E-state index in [-0.39, 0.29) is 6.04 Å². The van der Waals surface area contributed by atoms with Gasteiger partial charge in [0.25, 0.3) is 0 Å². The molecule has 1 aromatic carbocycles. The van der Waals surface area contributed by atoms with Gasteiger partial charge in [0.05, 0.1) is 29.0 Å². The summed E-state index contributed by atoms with van der Waals surface area (Å²) in [6.07, 6.45) is 1.87. The molecule has 0 radical (unpaired) electrons. The minimum absolute atomic E-state index is 0.127. The van der Waals surface area contributed by atoms with Gasteiger partial charge in [-0.1, -0.05) is 25.1 Å². The van der Waals surface area contributed by atoms with Crippen LogP contribution in [0.15, 0.2) is 48.0 Å². The summed E-state index contributed by atoms with van der Waals surface area (Å²) in [6.45, 7) is 3.01. The van der Waals surface area contributed by atoms with E-state index in [2.05, 4.69) is 34.7 Å². The summed E-state index contributed by atoms with van der Waals surface area (Å²) < 4.78 is 0. The Morgan fingerprint density at radius 1 is 1.16 bits per heavy atom. The third-order valence-corrected chi connectivity index (χ3v) is 3.94. The average Bonchev–Trinajstić information content (AvgIpc) is 2.98. The highest BCUT2D eigenvalue weighted by molar-refractivity contribution is 7.10. The van der Waals surface area contributed by atoms with E-state index in [0.29, 0.717) is 0 Å². The third-order valence-electron chi connectivity index (χ3n) is 3.00. The van der Waals surface area contributed by atoms with Crippen molar-refractivity contribution in [1.29, 1.82) is 0 Å². The standard InChI is InChI=1S/C15H15N3S/c1-2-16-15(14-8-5-9-19-14)13-10-17-11-6-3-4-7-12(11)18-13/h3-10,15-16H,2H2,1H3. The van der Waals surface area contributed by atoms with Crippen molar-refractivity contribution in [3.63, 3.8) is 0 Å². The number of hydrogen-bond donors (Lipinski definition) is 1. The van der Waals surface area contributed by atoms with Crippen molar-refractivity contribution in [3.8, 4) is 0 Å². The molecule has 0 bridgehead atoms. The largest absolute Gasteiger partial charge is 0.305 e. The number of rotatable bonds is 4. The molecule has 3 aromatic rings. The summed E-state index contributed by atoms with van der Waals surface area (Å²) in [6, 6.07) is 12.3. The fraction of sp³-hybridized carbons (Fsp3) is 0.200. The summed E-state index contributed by atoms with van der Waals surface area (Å²) in [5.41, 5.74) is 2.86. The fourth-order valence-corrected chi connectivity index (χ4v) is 2.93. The summed E-state index contributed by atoms with van der Waals surface area (Å²) in [5.74, 6) is 0. The molecule has 1 atom stereocenters. The molecule has 0 spiro atoms. The van der Waals surface area contributed by atoms with Gasteiger partial charge in [0.2, 0.25) is 0 Å². The van der Waals surface area contributed by atoms with Crippen LogP contribution in [0.2, 0.25) is 0 Å². The van der Waals surface area contributed by atoms with Gasteiger partial charge in [-0.3, -0.25) is 4.98 Å². The van der Waals surface area contributed by atoms with Crippen LogP contribution in [0.25, 0.3) is 11.0 Å². The first-order valence-electron chi connectivity index (χ1n) is 6.37. The van der Waals surface area contributed by atoms with Crippen LogP contribution in [0.3, 0.4) is 0 Å². The highest BCUT2D eigenvalue weighted by atomic mass is 32.1. The molecule has 0 aliphatic carbocycles. The summed E-state index contributed by atoms with van der Waals surface area (Å²) >= 11 is 1.74. The number of aromatic nitrogens is 2. The van der Waals surface area contributed by atoms with Gasteiger partial charge in [0, 0.05) is 4.88 Å². The first kappa shape index (κ1) is 12.3. The molecule has 0 saturated heterocycles. The second-order valence-electron chi connectivity index (χ2n) is 4.29. The molecule has 3 nitrogen and oxygen atoms in total. The van der Waals surface area contributed by atoms with Crippen LogP contribution in [0.1, 0.15) is 23.5 Å². The van der Waals surface area contributed by atoms with E-state index in [0.717, 1.165) is 23.3 Å². The zero-order valence-corrected chi connectivity index (χ0v) is 11.5. The number of thiophene rings is 1. The van der Waals surface area contributed by atoms with Crippen LogP contribution in [0.4, 0.5) is 0 Å². The number of nitrogens with one attached hydrogen (secondary N) is 1. The number of benzene rings is 1. The highest BCUT2D eigenvalue weighted by Gasteiger charge is 2.16. The molecular formula is C15H15N3S. The Morgan fingerprint density at radius 2 is 2.00 bits per heavy atom. The lowest BCUT2D eigenvalue weighted by Crippen LogP contribution is -2.22. The van der Waals surface area contributed by atoms with E-state index >= 15 is 0 Å². The lowest BCUT2D eigenvalue weighted by Gasteiger charge is -2.15. The molecule has 0 saturated carbocycles. The van der Waals surface area contributed by atoms with Crippen molar-refractivity contribution in [1.82, 2.24) is 15.3 Å². The van der Waals surface area contributed by atoms with Crippen molar-refractivity contribution in [3.05, 3.63) is 58.5 Å². The molecular weight excluding hydrogens is 254 g/mol. The minimum atomic E-state index is 0.127. The Labute approximate surface area is 116 Å². The first-order valence-corrected chi connectivity index (χ1v) is 7.25. The molecule has 0 aliphatic heterocycles. The molecule has 1 unspecified atom stereocenters. The quantitative estimate of drug-likeness (QED) is 0.789. The van der Waals surface area contributed by atoms with Gasteiger partial charge in [0.15, 0.2) is 0 Å². The molecule has 3 rings (SSSR count). The Bertz CT molecular complexity index is 664. The third kappa shape index (κ3) is 2.50. The van der Waals surface area contributed by atoms with E-state index in [1.807, 2.05) is 30.5 Å². The van der Waals surface area contributed by atoms with E-state index < -0.39 is 0 Å². The first-order chi connectivity index (χ1) is 9.38. The monoisotopic (exact) mass is 269 g/mol. The van der Waals surface area contributed by atoms with Crippen LogP contribution in [-0.2, 0) is 0 Å². The van der Waals surface area contributed by atoms with Gasteiger partial charge < -0.3 is 5.32 Å². The Morgan fingerprint density at radius 3 is 2.74 bits per heavy atom. The van der Waals surface area contributed by atoms with E-state index in [1.54, 1.807) is 11.3 Å². The topological polar surface area (TPSA) is 37.8 Å². The predicted molar refractivity (Wildman–Crippen MR) is 79.4 cm³/mol. The summed E-state index contributed by atoms with van der Waals surface area (Å²) in [4.78, 5) is 10.5. The van der Waals surface area contributed by atoms with Crippen molar-refractivity contribution >= 4 is 22.4 Å². The molecule has 2 aromatic heterocycles. The highest BCUT2D eigenvalue weighted by Crippen LogP contribution is 2.25. The molecule has 96 valence electrons. The summed E-state index contributed by atoms with van der Waals surface area (Å²) in [7, 11) is 0. The van der Waals surface area contributed by atoms with Gasteiger partial charge in [-0.05, 0) is 30.1 Å². The van der Waals surface area contributed by atoms with Crippen LogP contribution >= 0.6 is 11.3 Å². The predicted octanol–water partition coefficient (Wildman–Crippen LogP) is 3.39. The van der Waals surface area contributed by atoms with E-state index in [4.69, 9.17) is 4.98 Å². The molecule has 2 heterocycles. The summed E-state index contributed by atoms with van der Waals surface area (Å²) in [5, 5.41) is 5.57. The maximum Gasteiger partial charge on any atom is 0.0891 e. The normalized spacial score (nSPS) is 12.7. The molecule has 1 N–H and O–H groups in total. The van der Waals surface area contributed by atoms with Crippen molar-refractivity contribution < 1.29 is 0 Å². The SMILES string of the molecule is CCNC(c1cnc2ccccc2n1)c1cccs1. The van der Waals surface area contributed by atoms with Crippen molar-refractivity contribution in [2.45, 2.75) is 13.0 Å². The lowest BCUT2D eigenvalue weighted by molar-refractivity contribution is 0.624. The number of fused-ring (bicyclic) bond motifs is 1. The fourth-order valence-electron chi connectivity index (χ4n) is 2.12. The van der Waals surface area contributed by atoms with Crippen LogP contribution in [0, 0.1) is 0 Å². The molecule has 4 heteroatoms. The maximum absolute atomic E-state index is 4.73. The number of hydrogen-bond acceptors (Lipinski definition) is 4. The number of nitrogens with zero attached hydrogens (tertiary/aromatic N) is 2. The van der Waals surface area contributed by atoms with Crippen molar-refractivity contribution in [2.75, 3.05) is 6.54 Å². The minimum Gasteiger partial charge on any atom is -0.305 e. The second-order valence-corrected chi connectivity index (χ2v) is 5.27. The van der Waals surface area contributed by atoms with Crippen molar-refractivity contribution in [2.24, 2.45) is 0 Å². The second kappa shape index (κ2) is 5.47. The van der Waals surface area contributed by atoms with Gasteiger partial charge in [-0.15, -0.1) is 11.3 Å².